The van der Waals surface area contributed by atoms with Crippen molar-refractivity contribution in [1.82, 2.24) is 15.5 Å². The molecule has 0 spiro atoms. The summed E-state index contributed by atoms with van der Waals surface area (Å²) in [6.45, 7) is 5.00. The minimum Gasteiger partial charge on any atom is -0.355 e. The molecule has 154 valence electrons. The van der Waals surface area contributed by atoms with Crippen LogP contribution in [0.4, 0.5) is 10.3 Å². The summed E-state index contributed by atoms with van der Waals surface area (Å²) in [5.41, 5.74) is 1.23. The summed E-state index contributed by atoms with van der Waals surface area (Å²) in [5.74, 6) is 0.462. The molecule has 2 aliphatic rings. The Bertz CT molecular complexity index is 856. The number of nitrogens with one attached hydrogen (secondary N) is 1. The highest BCUT2D eigenvalue weighted by Gasteiger charge is 2.30. The fourth-order valence-electron chi connectivity index (χ4n) is 3.96. The van der Waals surface area contributed by atoms with E-state index in [0.717, 1.165) is 37.5 Å². The Kier molecular flexibility index (Phi) is 6.08. The van der Waals surface area contributed by atoms with Crippen LogP contribution in [0.1, 0.15) is 44.1 Å². The Morgan fingerprint density at radius 2 is 2.00 bits per heavy atom. The Balaban J connectivity index is 1.33. The molecule has 0 aliphatic carbocycles. The summed E-state index contributed by atoms with van der Waals surface area (Å²) in [6, 6.07) is 10.2. The zero-order valence-corrected chi connectivity index (χ0v) is 17.5. The van der Waals surface area contributed by atoms with Gasteiger partial charge >= 0.3 is 0 Å². The van der Waals surface area contributed by atoms with Crippen LogP contribution >= 0.6 is 11.3 Å². The highest BCUT2D eigenvalue weighted by atomic mass is 32.1. The second-order valence-electron chi connectivity index (χ2n) is 7.86. The van der Waals surface area contributed by atoms with Gasteiger partial charge in [-0.25, -0.2) is 0 Å². The van der Waals surface area contributed by atoms with Gasteiger partial charge in [0, 0.05) is 32.6 Å². The summed E-state index contributed by atoms with van der Waals surface area (Å²) in [4.78, 5) is 28.5. The number of carbonyl (C=O) groups excluding carboxylic acids is 2. The Labute approximate surface area is 175 Å². The normalized spacial score (nSPS) is 20.7. The largest absolute Gasteiger partial charge is 0.355 e. The maximum absolute atomic E-state index is 12.7. The van der Waals surface area contributed by atoms with Crippen LogP contribution in [0.5, 0.6) is 0 Å². The van der Waals surface area contributed by atoms with Gasteiger partial charge in [0.15, 0.2) is 0 Å². The van der Waals surface area contributed by atoms with Crippen LogP contribution in [0.3, 0.4) is 0 Å². The lowest BCUT2D eigenvalue weighted by Crippen LogP contribution is -2.43. The third-order valence-electron chi connectivity index (χ3n) is 5.72. The van der Waals surface area contributed by atoms with Crippen LogP contribution in [0.2, 0.25) is 0 Å². The summed E-state index contributed by atoms with van der Waals surface area (Å²) in [6.07, 6.45) is 3.30. The standard InChI is InChI=1S/C21H27N5O2S/c1-15(16-7-3-2-4-8-16)13-22-19(28)17-9-5-11-25(14-17)20-23-24-21(29-20)26-12-6-10-18(26)27/h2-4,7-8,15,17H,5-6,9-14H2,1H3,(H,22,28)/t15-,17+/m1/s1. The number of rotatable bonds is 6. The number of amides is 2. The molecule has 7 nitrogen and oxygen atoms in total. The number of aromatic nitrogens is 2. The quantitative estimate of drug-likeness (QED) is 0.788. The number of hydrogen-bond donors (Lipinski definition) is 1. The molecule has 2 atom stereocenters. The van der Waals surface area contributed by atoms with E-state index in [-0.39, 0.29) is 23.7 Å². The lowest BCUT2D eigenvalue weighted by molar-refractivity contribution is -0.125. The average molecular weight is 414 g/mol. The third kappa shape index (κ3) is 4.58. The van der Waals surface area contributed by atoms with Crippen LogP contribution in [-0.2, 0) is 9.59 Å². The van der Waals surface area contributed by atoms with Crippen molar-refractivity contribution in [3.63, 3.8) is 0 Å². The van der Waals surface area contributed by atoms with Gasteiger partial charge in [-0.1, -0.05) is 48.6 Å². The second-order valence-corrected chi connectivity index (χ2v) is 8.79. The van der Waals surface area contributed by atoms with Crippen LogP contribution in [0.15, 0.2) is 30.3 Å². The molecule has 0 unspecified atom stereocenters. The van der Waals surface area contributed by atoms with Crippen molar-refractivity contribution in [2.45, 2.75) is 38.5 Å². The van der Waals surface area contributed by atoms with Crippen molar-refractivity contribution < 1.29 is 9.59 Å². The lowest BCUT2D eigenvalue weighted by atomic mass is 9.96. The zero-order chi connectivity index (χ0) is 20.2. The second kappa shape index (κ2) is 8.90. The minimum atomic E-state index is -0.0486. The van der Waals surface area contributed by atoms with Gasteiger partial charge in [-0.05, 0) is 30.7 Å². The topological polar surface area (TPSA) is 78.4 Å². The SMILES string of the molecule is C[C@H](CNC(=O)[C@H]1CCCN(c2nnc(N3CCCC3=O)s2)C1)c1ccccc1. The van der Waals surface area contributed by atoms with Crippen LogP contribution in [-0.4, -0.2) is 48.2 Å². The minimum absolute atomic E-state index is 0.0486. The number of nitrogens with zero attached hydrogens (tertiary/aromatic N) is 4. The molecule has 3 heterocycles. The number of carbonyl (C=O) groups is 2. The smallest absolute Gasteiger partial charge is 0.228 e. The molecule has 1 aromatic carbocycles. The summed E-state index contributed by atoms with van der Waals surface area (Å²) in [7, 11) is 0. The summed E-state index contributed by atoms with van der Waals surface area (Å²) in [5, 5.41) is 13.1. The Hall–Kier alpha value is -2.48. The maximum Gasteiger partial charge on any atom is 0.228 e. The molecule has 0 bridgehead atoms. The van der Waals surface area contributed by atoms with E-state index in [2.05, 4.69) is 39.5 Å². The van der Waals surface area contributed by atoms with Gasteiger partial charge in [0.05, 0.1) is 5.92 Å². The van der Waals surface area contributed by atoms with Crippen LogP contribution in [0, 0.1) is 5.92 Å². The third-order valence-corrected chi connectivity index (χ3v) is 6.73. The number of hydrogen-bond acceptors (Lipinski definition) is 6. The van der Waals surface area contributed by atoms with E-state index in [0.29, 0.717) is 24.6 Å². The first kappa shape index (κ1) is 19.8. The molecular formula is C21H27N5O2S. The van der Waals surface area contributed by atoms with E-state index in [1.807, 2.05) is 18.2 Å². The van der Waals surface area contributed by atoms with Crippen molar-refractivity contribution in [3.05, 3.63) is 35.9 Å². The Morgan fingerprint density at radius 1 is 1.21 bits per heavy atom. The average Bonchev–Trinajstić information content (AvgIpc) is 3.41. The molecule has 4 rings (SSSR count). The van der Waals surface area contributed by atoms with Crippen molar-refractivity contribution in [2.75, 3.05) is 36.0 Å². The number of piperidine rings is 1. The highest BCUT2D eigenvalue weighted by Crippen LogP contribution is 2.32. The van der Waals surface area contributed by atoms with Gasteiger partial charge in [0.25, 0.3) is 0 Å². The summed E-state index contributed by atoms with van der Waals surface area (Å²) >= 11 is 1.45. The molecule has 2 fully saturated rings. The molecular weight excluding hydrogens is 386 g/mol. The van der Waals surface area contributed by atoms with Crippen molar-refractivity contribution in [1.29, 1.82) is 0 Å². The molecule has 2 saturated heterocycles. The van der Waals surface area contributed by atoms with Crippen molar-refractivity contribution >= 4 is 33.4 Å². The predicted molar refractivity (Wildman–Crippen MR) is 114 cm³/mol. The van der Waals surface area contributed by atoms with Gasteiger partial charge in [0.1, 0.15) is 0 Å². The summed E-state index contributed by atoms with van der Waals surface area (Å²) < 4.78 is 0. The molecule has 0 radical (unpaired) electrons. The Morgan fingerprint density at radius 3 is 2.76 bits per heavy atom. The zero-order valence-electron chi connectivity index (χ0n) is 16.7. The molecule has 2 aliphatic heterocycles. The van der Waals surface area contributed by atoms with Gasteiger partial charge < -0.3 is 10.2 Å². The van der Waals surface area contributed by atoms with E-state index in [1.165, 1.54) is 16.9 Å². The first-order valence-corrected chi connectivity index (χ1v) is 11.1. The molecule has 1 N–H and O–H groups in total. The van der Waals surface area contributed by atoms with E-state index in [9.17, 15) is 9.59 Å². The molecule has 29 heavy (non-hydrogen) atoms. The van der Waals surface area contributed by atoms with Crippen molar-refractivity contribution in [3.8, 4) is 0 Å². The number of benzene rings is 1. The molecule has 0 saturated carbocycles. The van der Waals surface area contributed by atoms with Crippen LogP contribution in [0.25, 0.3) is 0 Å². The molecule has 2 amide bonds. The van der Waals surface area contributed by atoms with E-state index in [1.54, 1.807) is 4.90 Å². The van der Waals surface area contributed by atoms with Gasteiger partial charge in [-0.15, -0.1) is 10.2 Å². The number of anilines is 2. The van der Waals surface area contributed by atoms with Gasteiger partial charge in [-0.3, -0.25) is 14.5 Å². The van der Waals surface area contributed by atoms with Crippen molar-refractivity contribution in [2.24, 2.45) is 5.92 Å². The maximum atomic E-state index is 12.7. The van der Waals surface area contributed by atoms with E-state index >= 15 is 0 Å². The molecule has 1 aromatic heterocycles. The predicted octanol–water partition coefficient (Wildman–Crippen LogP) is 2.80. The fraction of sp³-hybridized carbons (Fsp3) is 0.524. The van der Waals surface area contributed by atoms with Crippen LogP contribution < -0.4 is 15.1 Å². The van der Waals surface area contributed by atoms with E-state index in [4.69, 9.17) is 0 Å². The highest BCUT2D eigenvalue weighted by molar-refractivity contribution is 7.19. The first-order valence-electron chi connectivity index (χ1n) is 10.3. The molecule has 8 heteroatoms. The lowest BCUT2D eigenvalue weighted by Gasteiger charge is -2.31. The first-order chi connectivity index (χ1) is 14.1. The van der Waals surface area contributed by atoms with E-state index < -0.39 is 0 Å². The molecule has 2 aromatic rings. The van der Waals surface area contributed by atoms with Gasteiger partial charge in [0.2, 0.25) is 22.1 Å². The monoisotopic (exact) mass is 413 g/mol. The van der Waals surface area contributed by atoms with Gasteiger partial charge in [-0.2, -0.15) is 0 Å². The fourth-order valence-corrected chi connectivity index (χ4v) is 4.88.